The standard InChI is InChI=1S/C14H21N3O3/c1-19-8-9-20-13-3-2-12(10-16-13)17-14(18)11-4-6-15-7-5-11/h2-3,10-11,15H,4-9H2,1H3,(H,17,18). The minimum Gasteiger partial charge on any atom is -0.475 e. The van der Waals surface area contributed by atoms with Crippen LogP contribution in [0.15, 0.2) is 18.3 Å². The van der Waals surface area contributed by atoms with Gasteiger partial charge in [-0.2, -0.15) is 0 Å². The minimum absolute atomic E-state index is 0.0707. The van der Waals surface area contributed by atoms with Crippen molar-refractivity contribution in [2.75, 3.05) is 38.7 Å². The van der Waals surface area contributed by atoms with Crippen LogP contribution in [-0.2, 0) is 9.53 Å². The Labute approximate surface area is 118 Å². The maximum absolute atomic E-state index is 12.0. The number of piperidine rings is 1. The van der Waals surface area contributed by atoms with Crippen molar-refractivity contribution in [2.45, 2.75) is 12.8 Å². The zero-order chi connectivity index (χ0) is 14.2. The second-order valence-corrected chi connectivity index (χ2v) is 4.74. The predicted molar refractivity (Wildman–Crippen MR) is 75.8 cm³/mol. The van der Waals surface area contributed by atoms with E-state index in [2.05, 4.69) is 15.6 Å². The molecule has 1 aliphatic rings. The lowest BCUT2D eigenvalue weighted by Crippen LogP contribution is -2.34. The fourth-order valence-electron chi connectivity index (χ4n) is 2.10. The van der Waals surface area contributed by atoms with Crippen molar-refractivity contribution in [3.8, 4) is 5.88 Å². The van der Waals surface area contributed by atoms with E-state index in [-0.39, 0.29) is 11.8 Å². The Balaban J connectivity index is 1.81. The first-order valence-electron chi connectivity index (χ1n) is 6.89. The van der Waals surface area contributed by atoms with Gasteiger partial charge in [0.05, 0.1) is 18.5 Å². The molecule has 0 aliphatic carbocycles. The van der Waals surface area contributed by atoms with Crippen molar-refractivity contribution < 1.29 is 14.3 Å². The molecule has 6 heteroatoms. The Kier molecular flexibility index (Phi) is 5.76. The van der Waals surface area contributed by atoms with Gasteiger partial charge in [0.1, 0.15) is 6.61 Å². The van der Waals surface area contributed by atoms with Crippen molar-refractivity contribution in [3.63, 3.8) is 0 Å². The third kappa shape index (κ3) is 4.47. The molecule has 0 bridgehead atoms. The SMILES string of the molecule is COCCOc1ccc(NC(=O)C2CCNCC2)cn1. The van der Waals surface area contributed by atoms with Crippen LogP contribution in [0.3, 0.4) is 0 Å². The van der Waals surface area contributed by atoms with Crippen LogP contribution in [0.2, 0.25) is 0 Å². The lowest BCUT2D eigenvalue weighted by Gasteiger charge is -2.21. The summed E-state index contributed by atoms with van der Waals surface area (Å²) in [5.74, 6) is 0.692. The number of carbonyl (C=O) groups excluding carboxylic acids is 1. The maximum atomic E-state index is 12.0. The van der Waals surface area contributed by atoms with Gasteiger partial charge < -0.3 is 20.1 Å². The zero-order valence-corrected chi connectivity index (χ0v) is 11.7. The molecular weight excluding hydrogens is 258 g/mol. The minimum atomic E-state index is 0.0707. The summed E-state index contributed by atoms with van der Waals surface area (Å²) in [5, 5.41) is 6.14. The molecule has 1 aromatic heterocycles. The van der Waals surface area contributed by atoms with Gasteiger partial charge in [-0.25, -0.2) is 4.98 Å². The third-order valence-electron chi connectivity index (χ3n) is 3.25. The summed E-state index contributed by atoms with van der Waals surface area (Å²) in [6.45, 7) is 2.80. The van der Waals surface area contributed by atoms with Gasteiger partial charge in [0.15, 0.2) is 0 Å². The second kappa shape index (κ2) is 7.81. The number of anilines is 1. The number of methoxy groups -OCH3 is 1. The maximum Gasteiger partial charge on any atom is 0.227 e. The highest BCUT2D eigenvalue weighted by atomic mass is 16.5. The molecule has 0 atom stereocenters. The molecule has 1 amide bonds. The number of hydrogen-bond acceptors (Lipinski definition) is 5. The number of pyridine rings is 1. The van der Waals surface area contributed by atoms with E-state index in [1.807, 2.05) is 0 Å². The Morgan fingerprint density at radius 1 is 1.40 bits per heavy atom. The predicted octanol–water partition coefficient (Wildman–Crippen LogP) is 1.04. The average Bonchev–Trinajstić information content (AvgIpc) is 2.50. The van der Waals surface area contributed by atoms with Gasteiger partial charge in [0.25, 0.3) is 0 Å². The Bertz CT molecular complexity index is 416. The zero-order valence-electron chi connectivity index (χ0n) is 11.7. The van der Waals surface area contributed by atoms with Crippen LogP contribution in [0, 0.1) is 5.92 Å². The highest BCUT2D eigenvalue weighted by molar-refractivity contribution is 5.92. The number of amides is 1. The topological polar surface area (TPSA) is 72.5 Å². The quantitative estimate of drug-likeness (QED) is 0.761. The second-order valence-electron chi connectivity index (χ2n) is 4.74. The van der Waals surface area contributed by atoms with Crippen LogP contribution in [0.25, 0.3) is 0 Å². The van der Waals surface area contributed by atoms with E-state index >= 15 is 0 Å². The van der Waals surface area contributed by atoms with E-state index in [1.54, 1.807) is 25.4 Å². The average molecular weight is 279 g/mol. The molecule has 1 aromatic rings. The first-order valence-corrected chi connectivity index (χ1v) is 6.89. The molecule has 110 valence electrons. The highest BCUT2D eigenvalue weighted by Gasteiger charge is 2.20. The van der Waals surface area contributed by atoms with E-state index in [1.165, 1.54) is 0 Å². The molecule has 2 rings (SSSR count). The third-order valence-corrected chi connectivity index (χ3v) is 3.25. The molecule has 0 radical (unpaired) electrons. The lowest BCUT2D eigenvalue weighted by molar-refractivity contribution is -0.120. The fourth-order valence-corrected chi connectivity index (χ4v) is 2.10. The van der Waals surface area contributed by atoms with Crippen molar-refractivity contribution in [1.82, 2.24) is 10.3 Å². The molecule has 1 saturated heterocycles. The fraction of sp³-hybridized carbons (Fsp3) is 0.571. The molecule has 6 nitrogen and oxygen atoms in total. The number of aromatic nitrogens is 1. The van der Waals surface area contributed by atoms with Crippen LogP contribution in [0.1, 0.15) is 12.8 Å². The van der Waals surface area contributed by atoms with Crippen LogP contribution in [-0.4, -0.2) is 44.3 Å². The number of nitrogens with one attached hydrogen (secondary N) is 2. The molecule has 1 aliphatic heterocycles. The normalized spacial score (nSPS) is 15.8. The van der Waals surface area contributed by atoms with Gasteiger partial charge in [-0.1, -0.05) is 0 Å². The molecule has 1 fully saturated rings. The summed E-state index contributed by atoms with van der Waals surface area (Å²) in [6, 6.07) is 3.54. The summed E-state index contributed by atoms with van der Waals surface area (Å²) in [7, 11) is 1.62. The van der Waals surface area contributed by atoms with Gasteiger partial charge in [0.2, 0.25) is 11.8 Å². The van der Waals surface area contributed by atoms with E-state index in [4.69, 9.17) is 9.47 Å². The molecule has 0 spiro atoms. The van der Waals surface area contributed by atoms with E-state index in [0.717, 1.165) is 25.9 Å². The van der Waals surface area contributed by atoms with E-state index in [9.17, 15) is 4.79 Å². The van der Waals surface area contributed by atoms with Gasteiger partial charge >= 0.3 is 0 Å². The Morgan fingerprint density at radius 3 is 2.85 bits per heavy atom. The van der Waals surface area contributed by atoms with Crippen LogP contribution < -0.4 is 15.4 Å². The van der Waals surface area contributed by atoms with E-state index < -0.39 is 0 Å². The number of nitrogens with zero attached hydrogens (tertiary/aromatic N) is 1. The van der Waals surface area contributed by atoms with Gasteiger partial charge in [-0.3, -0.25) is 4.79 Å². The lowest BCUT2D eigenvalue weighted by atomic mass is 9.97. The number of hydrogen-bond donors (Lipinski definition) is 2. The summed E-state index contributed by atoms with van der Waals surface area (Å²) < 4.78 is 10.3. The van der Waals surface area contributed by atoms with Gasteiger partial charge in [-0.05, 0) is 32.0 Å². The van der Waals surface area contributed by atoms with Crippen LogP contribution in [0.4, 0.5) is 5.69 Å². The number of ether oxygens (including phenoxy) is 2. The van der Waals surface area contributed by atoms with Gasteiger partial charge in [0, 0.05) is 19.1 Å². The summed E-state index contributed by atoms with van der Waals surface area (Å²) >= 11 is 0. The van der Waals surface area contributed by atoms with Crippen molar-refractivity contribution >= 4 is 11.6 Å². The molecule has 2 heterocycles. The summed E-state index contributed by atoms with van der Waals surface area (Å²) in [6.07, 6.45) is 3.38. The molecule has 2 N–H and O–H groups in total. The smallest absolute Gasteiger partial charge is 0.227 e. The first kappa shape index (κ1) is 14.7. The van der Waals surface area contributed by atoms with E-state index in [0.29, 0.717) is 24.8 Å². The summed E-state index contributed by atoms with van der Waals surface area (Å²) in [5.41, 5.74) is 0.702. The van der Waals surface area contributed by atoms with Crippen molar-refractivity contribution in [3.05, 3.63) is 18.3 Å². The Hall–Kier alpha value is -1.66. The summed E-state index contributed by atoms with van der Waals surface area (Å²) in [4.78, 5) is 16.2. The molecule has 20 heavy (non-hydrogen) atoms. The largest absolute Gasteiger partial charge is 0.475 e. The molecule has 0 saturated carbocycles. The Morgan fingerprint density at radius 2 is 2.20 bits per heavy atom. The van der Waals surface area contributed by atoms with Gasteiger partial charge in [-0.15, -0.1) is 0 Å². The van der Waals surface area contributed by atoms with Crippen molar-refractivity contribution in [1.29, 1.82) is 0 Å². The van der Waals surface area contributed by atoms with Crippen LogP contribution in [0.5, 0.6) is 5.88 Å². The first-order chi connectivity index (χ1) is 9.79. The molecular formula is C14H21N3O3. The monoisotopic (exact) mass is 279 g/mol. The number of rotatable bonds is 6. The van der Waals surface area contributed by atoms with Crippen molar-refractivity contribution in [2.24, 2.45) is 5.92 Å². The number of carbonyl (C=O) groups is 1. The highest BCUT2D eigenvalue weighted by Crippen LogP contribution is 2.16. The molecule has 0 aromatic carbocycles. The molecule has 0 unspecified atom stereocenters. The van der Waals surface area contributed by atoms with Crippen LogP contribution >= 0.6 is 0 Å².